The van der Waals surface area contributed by atoms with E-state index in [0.29, 0.717) is 25.1 Å². The minimum absolute atomic E-state index is 0.00284. The van der Waals surface area contributed by atoms with Gasteiger partial charge in [-0.05, 0) is 24.6 Å². The smallest absolute Gasteiger partial charge is 0.307 e. The Morgan fingerprint density at radius 3 is 3.00 bits per heavy atom. The largest absolute Gasteiger partial charge is 0.629 e. The molecule has 0 saturated carbocycles. The second kappa shape index (κ2) is 5.55. The maximum atomic E-state index is 13.4. The Hall–Kier alpha value is -1.89. The number of nitrogens with one attached hydrogen (secondary N) is 1. The van der Waals surface area contributed by atoms with E-state index in [1.165, 1.54) is 0 Å². The molecule has 0 aromatic heterocycles. The number of hydrogen-bond donors (Lipinski definition) is 1. The number of benzene rings is 1. The normalized spacial score (nSPS) is 43.2. The van der Waals surface area contributed by atoms with Crippen LogP contribution in [0, 0.1) is 17.0 Å². The lowest BCUT2D eigenvalue weighted by Gasteiger charge is -2.43. The van der Waals surface area contributed by atoms with E-state index < -0.39 is 5.60 Å². The number of ether oxygens (including phenoxy) is 2. The average molecular weight is 356 g/mol. The third-order valence-electron chi connectivity index (χ3n) is 6.70. The summed E-state index contributed by atoms with van der Waals surface area (Å²) in [6.07, 6.45) is 3.03. The van der Waals surface area contributed by atoms with Gasteiger partial charge in [0.25, 0.3) is 0 Å². The van der Waals surface area contributed by atoms with Crippen molar-refractivity contribution >= 4 is 11.7 Å². The third kappa shape index (κ3) is 2.06. The molecule has 0 aliphatic carbocycles. The van der Waals surface area contributed by atoms with Gasteiger partial charge in [-0.25, -0.2) is 0 Å². The van der Waals surface area contributed by atoms with Crippen molar-refractivity contribution in [1.82, 2.24) is 4.90 Å². The molecule has 1 aromatic carbocycles. The molecule has 138 valence electrons. The summed E-state index contributed by atoms with van der Waals surface area (Å²) in [7, 11) is 2.04. The van der Waals surface area contributed by atoms with Gasteiger partial charge in [0.05, 0.1) is 24.7 Å². The summed E-state index contributed by atoms with van der Waals surface area (Å²) < 4.78 is 12.2. The minimum atomic E-state index is -0.869. The molecule has 6 heteroatoms. The minimum Gasteiger partial charge on any atom is -0.629 e. The molecule has 1 N–H and O–H groups in total. The number of hydrogen-bond acceptors (Lipinski definition) is 5. The molecule has 6 nitrogen and oxygen atoms in total. The van der Waals surface area contributed by atoms with Crippen LogP contribution in [0.5, 0.6) is 0 Å². The molecule has 4 heterocycles. The number of rotatable bonds is 0. The van der Waals surface area contributed by atoms with Crippen LogP contribution in [0.1, 0.15) is 25.3 Å². The molecule has 1 aromatic rings. The Bertz CT molecular complexity index is 794. The van der Waals surface area contributed by atoms with Gasteiger partial charge < -0.3 is 24.6 Å². The predicted molar refractivity (Wildman–Crippen MR) is 94.3 cm³/mol. The van der Waals surface area contributed by atoms with E-state index in [1.807, 2.05) is 38.2 Å². The van der Waals surface area contributed by atoms with E-state index in [9.17, 15) is 10.0 Å². The highest BCUT2D eigenvalue weighted by molar-refractivity contribution is 5.72. The average Bonchev–Trinajstić information content (AvgIpc) is 2.78. The Morgan fingerprint density at radius 1 is 1.35 bits per heavy atom. The van der Waals surface area contributed by atoms with Crippen molar-refractivity contribution < 1.29 is 19.3 Å². The first-order chi connectivity index (χ1) is 12.5. The Balaban J connectivity index is 1.75. The van der Waals surface area contributed by atoms with Crippen LogP contribution in [-0.2, 0) is 19.9 Å². The van der Waals surface area contributed by atoms with Crippen molar-refractivity contribution in [1.29, 1.82) is 0 Å². The SMILES string of the molecule is C[C@H]1OC[C@H]2[C@@H]3[NH+]([O-])c4ccccc4C34CCN(C)/C=C/1[C@@H]2CC(=O)O4. The zero-order valence-electron chi connectivity index (χ0n) is 15.1. The van der Waals surface area contributed by atoms with E-state index in [1.54, 1.807) is 0 Å². The van der Waals surface area contributed by atoms with E-state index in [-0.39, 0.29) is 35.0 Å². The van der Waals surface area contributed by atoms with Crippen molar-refractivity contribution in [3.63, 3.8) is 0 Å². The van der Waals surface area contributed by atoms with Crippen LogP contribution in [0.3, 0.4) is 0 Å². The van der Waals surface area contributed by atoms with Gasteiger partial charge in [0.1, 0.15) is 11.7 Å². The second-order valence-corrected chi connectivity index (χ2v) is 8.06. The summed E-state index contributed by atoms with van der Waals surface area (Å²) in [5.41, 5.74) is 1.83. The standard InChI is InChI=1S/C20H24N2O4/c1-12-14-10-21(2)8-7-20-16-5-3-4-6-17(16)22(24)19(20)15(11-25-12)13(14)9-18(23)26-20/h3-6,10,12-13,15,19,22H,7-9,11H2,1-2H3/b14-10-/t12-,13+,15-,19+,20?/m1/s1. The van der Waals surface area contributed by atoms with Gasteiger partial charge in [-0.2, -0.15) is 0 Å². The number of esters is 1. The molecule has 4 aliphatic rings. The molecule has 4 aliphatic heterocycles. The van der Waals surface area contributed by atoms with E-state index >= 15 is 0 Å². The molecule has 0 amide bonds. The highest BCUT2D eigenvalue weighted by atomic mass is 16.6. The fourth-order valence-corrected chi connectivity index (χ4v) is 5.51. The zero-order chi connectivity index (χ0) is 18.1. The molecule has 0 spiro atoms. The number of carbonyl (C=O) groups is 1. The van der Waals surface area contributed by atoms with Crippen LogP contribution < -0.4 is 5.06 Å². The first-order valence-electron chi connectivity index (χ1n) is 9.40. The fraction of sp³-hybridized carbons (Fsp3) is 0.550. The monoisotopic (exact) mass is 356 g/mol. The van der Waals surface area contributed by atoms with Crippen molar-refractivity contribution in [3.05, 3.63) is 46.8 Å². The second-order valence-electron chi connectivity index (χ2n) is 8.06. The van der Waals surface area contributed by atoms with Gasteiger partial charge in [-0.1, -0.05) is 12.1 Å². The van der Waals surface area contributed by atoms with Gasteiger partial charge in [-0.3, -0.25) is 4.79 Å². The van der Waals surface area contributed by atoms with Crippen LogP contribution in [0.25, 0.3) is 0 Å². The summed E-state index contributed by atoms with van der Waals surface area (Å²) in [6, 6.07) is 7.28. The highest BCUT2D eigenvalue weighted by Crippen LogP contribution is 2.51. The summed E-state index contributed by atoms with van der Waals surface area (Å²) in [6.45, 7) is 3.25. The zero-order valence-corrected chi connectivity index (χ0v) is 15.1. The van der Waals surface area contributed by atoms with E-state index in [0.717, 1.165) is 17.7 Å². The summed E-state index contributed by atoms with van der Waals surface area (Å²) in [5, 5.41) is 13.5. The number of para-hydroxylation sites is 1. The number of quaternary nitrogens is 1. The molecule has 6 atom stereocenters. The Labute approximate surface area is 152 Å². The Kier molecular flexibility index (Phi) is 3.48. The van der Waals surface area contributed by atoms with Crippen molar-refractivity contribution in [3.8, 4) is 0 Å². The number of fused-ring (bicyclic) bond motifs is 1. The predicted octanol–water partition coefficient (Wildman–Crippen LogP) is 1.10. The van der Waals surface area contributed by atoms with Crippen LogP contribution in [0.4, 0.5) is 5.69 Å². The molecule has 2 fully saturated rings. The lowest BCUT2D eigenvalue weighted by Crippen LogP contribution is -3.08. The van der Waals surface area contributed by atoms with Crippen molar-refractivity contribution in [2.45, 2.75) is 37.5 Å². The van der Waals surface area contributed by atoms with E-state index in [2.05, 4.69) is 11.1 Å². The lowest BCUT2D eigenvalue weighted by atomic mass is 9.72. The third-order valence-corrected chi connectivity index (χ3v) is 6.70. The number of hydroxylamine groups is 1. The van der Waals surface area contributed by atoms with Crippen molar-refractivity contribution in [2.24, 2.45) is 11.8 Å². The first kappa shape index (κ1) is 16.3. The fourth-order valence-electron chi connectivity index (χ4n) is 5.51. The molecular weight excluding hydrogens is 332 g/mol. The molecule has 2 unspecified atom stereocenters. The van der Waals surface area contributed by atoms with Gasteiger partial charge in [0.2, 0.25) is 0 Å². The van der Waals surface area contributed by atoms with Crippen LogP contribution in [0.2, 0.25) is 0 Å². The molecular formula is C20H24N2O4. The lowest BCUT2D eigenvalue weighted by molar-refractivity contribution is -0.815. The molecule has 26 heavy (non-hydrogen) atoms. The van der Waals surface area contributed by atoms with Crippen LogP contribution in [-0.4, -0.2) is 43.2 Å². The van der Waals surface area contributed by atoms with Crippen molar-refractivity contribution in [2.75, 3.05) is 20.2 Å². The highest BCUT2D eigenvalue weighted by Gasteiger charge is 2.63. The van der Waals surface area contributed by atoms with Gasteiger partial charge in [0.15, 0.2) is 5.60 Å². The van der Waals surface area contributed by atoms with Crippen LogP contribution >= 0.6 is 0 Å². The van der Waals surface area contributed by atoms with Crippen LogP contribution in [0.15, 0.2) is 36.0 Å². The maximum Gasteiger partial charge on any atom is 0.307 e. The summed E-state index contributed by atoms with van der Waals surface area (Å²) in [4.78, 5) is 15.0. The molecule has 2 saturated heterocycles. The topological polar surface area (TPSA) is 66.3 Å². The Morgan fingerprint density at radius 2 is 2.15 bits per heavy atom. The molecule has 4 bridgehead atoms. The van der Waals surface area contributed by atoms with Gasteiger partial charge in [0, 0.05) is 38.0 Å². The quantitative estimate of drug-likeness (QED) is 0.557. The molecule has 5 rings (SSSR count). The summed E-state index contributed by atoms with van der Waals surface area (Å²) >= 11 is 0. The number of carbonyl (C=O) groups excluding carboxylic acids is 1. The summed E-state index contributed by atoms with van der Waals surface area (Å²) in [5.74, 6) is -0.233. The van der Waals surface area contributed by atoms with Gasteiger partial charge in [-0.15, -0.1) is 0 Å². The number of nitrogens with zero attached hydrogens (tertiary/aromatic N) is 1. The first-order valence-corrected chi connectivity index (χ1v) is 9.40. The maximum absolute atomic E-state index is 13.4. The van der Waals surface area contributed by atoms with Gasteiger partial charge >= 0.3 is 5.97 Å². The molecule has 0 radical (unpaired) electrons. The van der Waals surface area contributed by atoms with E-state index in [4.69, 9.17) is 9.47 Å².